The second-order valence-electron chi connectivity index (χ2n) is 5.76. The third-order valence-electron chi connectivity index (χ3n) is 4.19. The van der Waals surface area contributed by atoms with Crippen LogP contribution in [0.3, 0.4) is 0 Å². The molecule has 6 nitrogen and oxygen atoms in total. The summed E-state index contributed by atoms with van der Waals surface area (Å²) in [5, 5.41) is 14.7. The molecule has 0 spiro atoms. The number of carboxylic acids is 1. The van der Waals surface area contributed by atoms with Crippen LogP contribution >= 0.6 is 11.8 Å². The summed E-state index contributed by atoms with van der Waals surface area (Å²) in [6.07, 6.45) is 4.62. The first-order valence-corrected chi connectivity index (χ1v) is 8.59. The highest BCUT2D eigenvalue weighted by Crippen LogP contribution is 2.28. The fourth-order valence-corrected chi connectivity index (χ4v) is 4.17. The zero-order valence-electron chi connectivity index (χ0n) is 12.0. The summed E-state index contributed by atoms with van der Waals surface area (Å²) in [6.45, 7) is 0.268. The third-order valence-corrected chi connectivity index (χ3v) is 5.38. The number of thioether (sulfide) groups is 1. The van der Waals surface area contributed by atoms with E-state index in [4.69, 9.17) is 0 Å². The molecule has 2 rings (SSSR count). The SMILES string of the molecule is O=C(CCNC(=O)C1CCCC1)NC1(C(=O)O)CCSC1. The summed E-state index contributed by atoms with van der Waals surface area (Å²) >= 11 is 1.53. The third kappa shape index (κ3) is 4.12. The maximum Gasteiger partial charge on any atom is 0.330 e. The number of aliphatic carboxylic acids is 1. The van der Waals surface area contributed by atoms with Gasteiger partial charge in [0.25, 0.3) is 0 Å². The van der Waals surface area contributed by atoms with E-state index >= 15 is 0 Å². The summed E-state index contributed by atoms with van der Waals surface area (Å²) in [7, 11) is 0. The number of hydrogen-bond acceptors (Lipinski definition) is 4. The lowest BCUT2D eigenvalue weighted by Crippen LogP contribution is -2.55. The molecular formula is C14H22N2O4S. The lowest BCUT2D eigenvalue weighted by molar-refractivity contribution is -0.146. The van der Waals surface area contributed by atoms with Crippen LogP contribution in [0.5, 0.6) is 0 Å². The molecule has 21 heavy (non-hydrogen) atoms. The number of carbonyl (C=O) groups is 3. The van der Waals surface area contributed by atoms with Gasteiger partial charge in [0, 0.05) is 24.6 Å². The van der Waals surface area contributed by atoms with Crippen LogP contribution in [0.2, 0.25) is 0 Å². The number of carboxylic acid groups (broad SMARTS) is 1. The summed E-state index contributed by atoms with van der Waals surface area (Å²) in [5.41, 5.74) is -1.13. The summed E-state index contributed by atoms with van der Waals surface area (Å²) < 4.78 is 0. The Kier molecular flexibility index (Phi) is 5.50. The minimum Gasteiger partial charge on any atom is -0.479 e. The average molecular weight is 314 g/mol. The highest BCUT2D eigenvalue weighted by atomic mass is 32.2. The second kappa shape index (κ2) is 7.15. The Morgan fingerprint density at radius 1 is 1.24 bits per heavy atom. The molecule has 1 atom stereocenters. The molecule has 2 aliphatic rings. The lowest BCUT2D eigenvalue weighted by atomic mass is 9.99. The first-order valence-electron chi connectivity index (χ1n) is 7.43. The molecule has 2 fully saturated rings. The van der Waals surface area contributed by atoms with Gasteiger partial charge in [-0.2, -0.15) is 11.8 Å². The second-order valence-corrected chi connectivity index (χ2v) is 6.87. The van der Waals surface area contributed by atoms with E-state index in [1.807, 2.05) is 0 Å². The van der Waals surface area contributed by atoms with Gasteiger partial charge in [-0.1, -0.05) is 12.8 Å². The first kappa shape index (κ1) is 16.1. The predicted octanol–water partition coefficient (Wildman–Crippen LogP) is 0.759. The highest BCUT2D eigenvalue weighted by molar-refractivity contribution is 7.99. The van der Waals surface area contributed by atoms with Crippen molar-refractivity contribution in [3.05, 3.63) is 0 Å². The van der Waals surface area contributed by atoms with Crippen molar-refractivity contribution >= 4 is 29.5 Å². The topological polar surface area (TPSA) is 95.5 Å². The Hall–Kier alpha value is -1.24. The summed E-state index contributed by atoms with van der Waals surface area (Å²) in [6, 6.07) is 0. The molecule has 1 heterocycles. The summed E-state index contributed by atoms with van der Waals surface area (Å²) in [4.78, 5) is 35.0. The molecule has 0 aromatic carbocycles. The molecule has 1 aliphatic carbocycles. The average Bonchev–Trinajstić information content (AvgIpc) is 3.10. The van der Waals surface area contributed by atoms with Crippen LogP contribution in [0.25, 0.3) is 0 Å². The molecule has 3 N–H and O–H groups in total. The van der Waals surface area contributed by atoms with Crippen molar-refractivity contribution in [2.45, 2.75) is 44.1 Å². The zero-order valence-corrected chi connectivity index (χ0v) is 12.8. The van der Waals surface area contributed by atoms with Gasteiger partial charge in [-0.3, -0.25) is 9.59 Å². The monoisotopic (exact) mass is 314 g/mol. The Morgan fingerprint density at radius 3 is 2.52 bits per heavy atom. The van der Waals surface area contributed by atoms with Crippen molar-refractivity contribution < 1.29 is 19.5 Å². The van der Waals surface area contributed by atoms with Gasteiger partial charge in [-0.25, -0.2) is 4.79 Å². The van der Waals surface area contributed by atoms with Crippen molar-refractivity contribution in [2.75, 3.05) is 18.1 Å². The maximum absolute atomic E-state index is 11.9. The van der Waals surface area contributed by atoms with E-state index in [9.17, 15) is 19.5 Å². The number of rotatable bonds is 6. The molecule has 0 aromatic heterocycles. The molecule has 118 valence electrons. The van der Waals surface area contributed by atoms with Crippen molar-refractivity contribution in [1.29, 1.82) is 0 Å². The van der Waals surface area contributed by atoms with Crippen molar-refractivity contribution in [3.8, 4) is 0 Å². The van der Waals surface area contributed by atoms with Crippen LogP contribution < -0.4 is 10.6 Å². The standard InChI is InChI=1S/C14H22N2O4S/c17-11(16-14(13(19)20)6-8-21-9-14)5-7-15-12(18)10-3-1-2-4-10/h10H,1-9H2,(H,15,18)(H,16,17)(H,19,20). The van der Waals surface area contributed by atoms with Gasteiger partial charge < -0.3 is 15.7 Å². The Balaban J connectivity index is 1.71. The number of nitrogens with one attached hydrogen (secondary N) is 2. The van der Waals surface area contributed by atoms with E-state index in [0.717, 1.165) is 31.4 Å². The van der Waals surface area contributed by atoms with Crippen LogP contribution in [0.4, 0.5) is 0 Å². The van der Waals surface area contributed by atoms with Gasteiger partial charge in [-0.15, -0.1) is 0 Å². The van der Waals surface area contributed by atoms with Gasteiger partial charge in [0.1, 0.15) is 5.54 Å². The lowest BCUT2D eigenvalue weighted by Gasteiger charge is -2.24. The highest BCUT2D eigenvalue weighted by Gasteiger charge is 2.43. The molecule has 7 heteroatoms. The van der Waals surface area contributed by atoms with Crippen LogP contribution in [0.15, 0.2) is 0 Å². The van der Waals surface area contributed by atoms with Gasteiger partial charge in [0.05, 0.1) is 0 Å². The first-order chi connectivity index (χ1) is 10.0. The normalized spacial score (nSPS) is 25.7. The molecule has 0 radical (unpaired) electrons. The molecule has 1 saturated carbocycles. The largest absolute Gasteiger partial charge is 0.479 e. The molecule has 0 aromatic rings. The van der Waals surface area contributed by atoms with E-state index < -0.39 is 11.5 Å². The minimum absolute atomic E-state index is 0.0182. The minimum atomic E-state index is -1.13. The summed E-state index contributed by atoms with van der Waals surface area (Å²) in [5.74, 6) is -0.0372. The van der Waals surface area contributed by atoms with Gasteiger partial charge in [0.15, 0.2) is 0 Å². The van der Waals surface area contributed by atoms with Crippen molar-refractivity contribution in [1.82, 2.24) is 10.6 Å². The predicted molar refractivity (Wildman–Crippen MR) is 80.0 cm³/mol. The molecule has 1 unspecified atom stereocenters. The molecule has 1 aliphatic heterocycles. The van der Waals surface area contributed by atoms with E-state index in [1.54, 1.807) is 0 Å². The fraction of sp³-hybridized carbons (Fsp3) is 0.786. The number of amides is 2. The van der Waals surface area contributed by atoms with E-state index in [2.05, 4.69) is 10.6 Å². The van der Waals surface area contributed by atoms with Crippen LogP contribution in [-0.2, 0) is 14.4 Å². The van der Waals surface area contributed by atoms with Crippen molar-refractivity contribution in [3.63, 3.8) is 0 Å². The fourth-order valence-electron chi connectivity index (χ4n) is 2.85. The van der Waals surface area contributed by atoms with Crippen LogP contribution in [0, 0.1) is 5.92 Å². The van der Waals surface area contributed by atoms with Crippen LogP contribution in [-0.4, -0.2) is 46.5 Å². The Labute approximate surface area is 128 Å². The molecule has 1 saturated heterocycles. The maximum atomic E-state index is 11.9. The molecule has 0 bridgehead atoms. The van der Waals surface area contributed by atoms with Gasteiger partial charge in [-0.05, 0) is 25.0 Å². The molecule has 2 amide bonds. The molecular weight excluding hydrogens is 292 g/mol. The van der Waals surface area contributed by atoms with Crippen LogP contribution in [0.1, 0.15) is 38.5 Å². The van der Waals surface area contributed by atoms with E-state index in [0.29, 0.717) is 12.2 Å². The van der Waals surface area contributed by atoms with Crippen molar-refractivity contribution in [2.24, 2.45) is 5.92 Å². The van der Waals surface area contributed by atoms with Gasteiger partial charge in [0.2, 0.25) is 11.8 Å². The number of hydrogen-bond donors (Lipinski definition) is 3. The number of carbonyl (C=O) groups excluding carboxylic acids is 2. The van der Waals surface area contributed by atoms with Gasteiger partial charge >= 0.3 is 5.97 Å². The smallest absolute Gasteiger partial charge is 0.330 e. The Morgan fingerprint density at radius 2 is 1.95 bits per heavy atom. The van der Waals surface area contributed by atoms with E-state index in [-0.39, 0.29) is 30.7 Å². The Bertz CT molecular complexity index is 415. The quantitative estimate of drug-likeness (QED) is 0.673. The zero-order chi connectivity index (χ0) is 15.3. The van der Waals surface area contributed by atoms with E-state index in [1.165, 1.54) is 11.8 Å².